The van der Waals surface area contributed by atoms with Gasteiger partial charge in [-0.3, -0.25) is 0 Å². The summed E-state index contributed by atoms with van der Waals surface area (Å²) in [5.74, 6) is 0. The molecule has 0 unspecified atom stereocenters. The number of benzene rings is 1. The maximum Gasteiger partial charge on any atom is 0.416 e. The van der Waals surface area contributed by atoms with Crippen LogP contribution in [0.5, 0.6) is 0 Å². The Labute approximate surface area is 94.9 Å². The summed E-state index contributed by atoms with van der Waals surface area (Å²) in [4.78, 5) is 4.26. The highest BCUT2D eigenvalue weighted by atomic mass is 32.1. The summed E-state index contributed by atoms with van der Waals surface area (Å²) in [6.07, 6.45) is -3.72. The molecule has 0 radical (unpaired) electrons. The molecule has 2 rings (SSSR count). The third kappa shape index (κ3) is 1.91. The summed E-state index contributed by atoms with van der Waals surface area (Å²) in [7, 11) is 0. The molecule has 86 valence electrons. The smallest absolute Gasteiger partial charge is 0.241 e. The van der Waals surface area contributed by atoms with Crippen molar-refractivity contribution in [3.05, 3.63) is 28.3 Å². The average Bonchev–Trinajstić information content (AvgIpc) is 2.54. The molecule has 0 spiro atoms. The van der Waals surface area contributed by atoms with Crippen LogP contribution in [0.15, 0.2) is 12.1 Å². The first-order chi connectivity index (χ1) is 7.41. The topological polar surface area (TPSA) is 12.9 Å². The molecule has 16 heavy (non-hydrogen) atoms. The number of aryl methyl sites for hydroxylation is 2. The minimum atomic E-state index is -4.28. The van der Waals surface area contributed by atoms with Crippen LogP contribution >= 0.6 is 11.3 Å². The van der Waals surface area contributed by atoms with Crippen LogP contribution in [0.4, 0.5) is 13.2 Å². The molecule has 1 aromatic carbocycles. The van der Waals surface area contributed by atoms with Crippen LogP contribution in [0.3, 0.4) is 0 Å². The first-order valence-electron chi connectivity index (χ1n) is 4.89. The lowest BCUT2D eigenvalue weighted by atomic mass is 10.1. The predicted molar refractivity (Wildman–Crippen MR) is 58.7 cm³/mol. The molecule has 2 aromatic rings. The van der Waals surface area contributed by atoms with Crippen molar-refractivity contribution in [2.75, 3.05) is 0 Å². The molecular formula is C11H10F3NS. The summed E-state index contributed by atoms with van der Waals surface area (Å²) in [5, 5.41) is 0.795. The van der Waals surface area contributed by atoms with Gasteiger partial charge in [0.05, 0.1) is 20.8 Å². The molecule has 0 aliphatic carbocycles. The number of halogens is 3. The molecule has 0 saturated heterocycles. The van der Waals surface area contributed by atoms with E-state index >= 15 is 0 Å². The summed E-state index contributed by atoms with van der Waals surface area (Å²) in [6.45, 7) is 3.64. The third-order valence-corrected chi connectivity index (χ3v) is 3.31. The Morgan fingerprint density at radius 3 is 2.56 bits per heavy atom. The van der Waals surface area contributed by atoms with Crippen molar-refractivity contribution in [1.29, 1.82) is 0 Å². The number of nitrogens with zero attached hydrogens (tertiary/aromatic N) is 1. The molecule has 1 aromatic heterocycles. The van der Waals surface area contributed by atoms with Crippen LogP contribution in [0, 0.1) is 6.92 Å². The van der Waals surface area contributed by atoms with Crippen LogP contribution in [0.1, 0.15) is 23.1 Å². The van der Waals surface area contributed by atoms with Crippen molar-refractivity contribution in [2.24, 2.45) is 0 Å². The van der Waals surface area contributed by atoms with Crippen molar-refractivity contribution < 1.29 is 13.2 Å². The van der Waals surface area contributed by atoms with Gasteiger partial charge in [0, 0.05) is 0 Å². The molecule has 1 nitrogen and oxygen atoms in total. The highest BCUT2D eigenvalue weighted by Gasteiger charge is 2.31. The number of hydrogen-bond donors (Lipinski definition) is 0. The monoisotopic (exact) mass is 245 g/mol. The molecule has 0 amide bonds. The standard InChI is InChI=1S/C11H10F3NS/c1-3-7-4-8(11(12,13)14)5-9-10(7)15-6(2)16-9/h4-5H,3H2,1-2H3. The molecule has 0 saturated carbocycles. The number of alkyl halides is 3. The van der Waals surface area contributed by atoms with Crippen LogP contribution < -0.4 is 0 Å². The van der Waals surface area contributed by atoms with Crippen LogP contribution in [-0.4, -0.2) is 4.98 Å². The van der Waals surface area contributed by atoms with Crippen LogP contribution in [-0.2, 0) is 12.6 Å². The SMILES string of the molecule is CCc1cc(C(F)(F)F)cc2sc(C)nc12. The second-order valence-corrected chi connectivity index (χ2v) is 4.80. The lowest BCUT2D eigenvalue weighted by Gasteiger charge is -2.08. The maximum absolute atomic E-state index is 12.6. The Kier molecular flexibility index (Phi) is 2.66. The van der Waals surface area contributed by atoms with Gasteiger partial charge in [-0.2, -0.15) is 13.2 Å². The Bertz CT molecular complexity index is 528. The van der Waals surface area contributed by atoms with E-state index in [-0.39, 0.29) is 0 Å². The predicted octanol–water partition coefficient (Wildman–Crippen LogP) is 4.19. The molecule has 5 heteroatoms. The van der Waals surface area contributed by atoms with E-state index in [1.807, 2.05) is 6.92 Å². The number of rotatable bonds is 1. The van der Waals surface area contributed by atoms with Gasteiger partial charge in [-0.15, -0.1) is 11.3 Å². The Hall–Kier alpha value is -1.10. The number of fused-ring (bicyclic) bond motifs is 1. The van der Waals surface area contributed by atoms with E-state index in [2.05, 4.69) is 4.98 Å². The molecule has 0 aliphatic heterocycles. The molecule has 0 fully saturated rings. The third-order valence-electron chi connectivity index (χ3n) is 2.39. The Morgan fingerprint density at radius 1 is 1.31 bits per heavy atom. The summed E-state index contributed by atoms with van der Waals surface area (Å²) >= 11 is 1.30. The zero-order valence-electron chi connectivity index (χ0n) is 8.85. The number of thiazole rings is 1. The fourth-order valence-electron chi connectivity index (χ4n) is 1.64. The Balaban J connectivity index is 2.72. The number of aromatic nitrogens is 1. The van der Waals surface area contributed by atoms with Crippen LogP contribution in [0.2, 0.25) is 0 Å². The van der Waals surface area contributed by atoms with Gasteiger partial charge in [-0.1, -0.05) is 6.92 Å². The van der Waals surface area contributed by atoms with E-state index in [9.17, 15) is 13.2 Å². The first-order valence-corrected chi connectivity index (χ1v) is 5.70. The molecule has 1 heterocycles. The number of hydrogen-bond acceptors (Lipinski definition) is 2. The highest BCUT2D eigenvalue weighted by Crippen LogP contribution is 2.35. The molecule has 0 bridgehead atoms. The zero-order chi connectivity index (χ0) is 11.9. The van der Waals surface area contributed by atoms with E-state index in [0.717, 1.165) is 5.01 Å². The average molecular weight is 245 g/mol. The lowest BCUT2D eigenvalue weighted by Crippen LogP contribution is -2.05. The fraction of sp³-hybridized carbons (Fsp3) is 0.364. The normalized spacial score (nSPS) is 12.3. The minimum absolute atomic E-state index is 0.559. The Morgan fingerprint density at radius 2 is 2.00 bits per heavy atom. The van der Waals surface area contributed by atoms with Gasteiger partial charge in [0.25, 0.3) is 0 Å². The van der Waals surface area contributed by atoms with Gasteiger partial charge < -0.3 is 0 Å². The van der Waals surface area contributed by atoms with Gasteiger partial charge in [-0.25, -0.2) is 4.98 Å². The summed E-state index contributed by atoms with van der Waals surface area (Å²) < 4.78 is 38.5. The zero-order valence-corrected chi connectivity index (χ0v) is 9.67. The van der Waals surface area contributed by atoms with E-state index in [1.54, 1.807) is 6.92 Å². The van der Waals surface area contributed by atoms with Crippen LogP contribution in [0.25, 0.3) is 10.2 Å². The lowest BCUT2D eigenvalue weighted by molar-refractivity contribution is -0.137. The van der Waals surface area contributed by atoms with E-state index < -0.39 is 11.7 Å². The van der Waals surface area contributed by atoms with Gasteiger partial charge in [-0.05, 0) is 31.0 Å². The van der Waals surface area contributed by atoms with Gasteiger partial charge in [0.2, 0.25) is 0 Å². The van der Waals surface area contributed by atoms with Gasteiger partial charge in [0.15, 0.2) is 0 Å². The highest BCUT2D eigenvalue weighted by molar-refractivity contribution is 7.18. The van der Waals surface area contributed by atoms with Crippen molar-refractivity contribution >= 4 is 21.6 Å². The molecule has 0 atom stereocenters. The summed E-state index contributed by atoms with van der Waals surface area (Å²) in [5.41, 5.74) is 0.785. The van der Waals surface area contributed by atoms with Gasteiger partial charge >= 0.3 is 6.18 Å². The van der Waals surface area contributed by atoms with E-state index in [0.29, 0.717) is 22.2 Å². The van der Waals surface area contributed by atoms with Crippen molar-refractivity contribution in [3.63, 3.8) is 0 Å². The molecule has 0 N–H and O–H groups in total. The van der Waals surface area contributed by atoms with E-state index in [4.69, 9.17) is 0 Å². The van der Waals surface area contributed by atoms with Gasteiger partial charge in [0.1, 0.15) is 0 Å². The summed E-state index contributed by atoms with van der Waals surface area (Å²) in [6, 6.07) is 2.38. The second kappa shape index (κ2) is 3.73. The van der Waals surface area contributed by atoms with E-state index in [1.165, 1.54) is 23.5 Å². The van der Waals surface area contributed by atoms with Crippen molar-refractivity contribution in [1.82, 2.24) is 4.98 Å². The van der Waals surface area contributed by atoms with Crippen molar-refractivity contribution in [2.45, 2.75) is 26.4 Å². The minimum Gasteiger partial charge on any atom is -0.241 e. The molecular weight excluding hydrogens is 235 g/mol. The first kappa shape index (κ1) is 11.4. The largest absolute Gasteiger partial charge is 0.416 e. The second-order valence-electron chi connectivity index (χ2n) is 3.57. The quantitative estimate of drug-likeness (QED) is 0.734. The molecule has 0 aliphatic rings. The maximum atomic E-state index is 12.6. The fourth-order valence-corrected chi connectivity index (χ4v) is 2.56. The van der Waals surface area contributed by atoms with Crippen molar-refractivity contribution in [3.8, 4) is 0 Å².